The Morgan fingerprint density at radius 2 is 1.81 bits per heavy atom. The third kappa shape index (κ3) is 3.78. The smallest absolute Gasteiger partial charge is 0.253 e. The average molecular weight is 348 g/mol. The molecule has 2 aromatic carbocycles. The van der Waals surface area contributed by atoms with Crippen LogP contribution in [0.15, 0.2) is 54.6 Å². The summed E-state index contributed by atoms with van der Waals surface area (Å²) in [5.74, 6) is 1.17. The molecule has 0 atom stereocenters. The highest BCUT2D eigenvalue weighted by Crippen LogP contribution is 2.14. The summed E-state index contributed by atoms with van der Waals surface area (Å²) in [7, 11) is 0. The van der Waals surface area contributed by atoms with Crippen LogP contribution in [-0.4, -0.2) is 46.5 Å². The third-order valence-corrected chi connectivity index (χ3v) is 5.04. The van der Waals surface area contributed by atoms with Crippen LogP contribution >= 0.6 is 0 Å². The van der Waals surface area contributed by atoms with Gasteiger partial charge < -0.3 is 15.2 Å². The van der Waals surface area contributed by atoms with Crippen molar-refractivity contribution in [1.82, 2.24) is 20.2 Å². The van der Waals surface area contributed by atoms with Crippen LogP contribution in [-0.2, 0) is 6.42 Å². The van der Waals surface area contributed by atoms with Gasteiger partial charge in [0.05, 0.1) is 11.0 Å². The number of H-pyrrole nitrogens is 1. The van der Waals surface area contributed by atoms with Crippen LogP contribution in [0.25, 0.3) is 11.0 Å². The highest BCUT2D eigenvalue weighted by atomic mass is 16.2. The SMILES string of the molecule is O=C(c1ccccc1)N1CCC(NCCc2nc3ccccc3[nH]2)CC1. The first-order valence-electron chi connectivity index (χ1n) is 9.31. The van der Waals surface area contributed by atoms with Crippen molar-refractivity contribution in [2.24, 2.45) is 0 Å². The Bertz CT molecular complexity index is 833. The van der Waals surface area contributed by atoms with E-state index < -0.39 is 0 Å². The van der Waals surface area contributed by atoms with E-state index in [9.17, 15) is 4.79 Å². The summed E-state index contributed by atoms with van der Waals surface area (Å²) in [6.45, 7) is 2.53. The van der Waals surface area contributed by atoms with Gasteiger partial charge in [0, 0.05) is 37.7 Å². The number of para-hydroxylation sites is 2. The molecule has 2 N–H and O–H groups in total. The van der Waals surface area contributed by atoms with Crippen molar-refractivity contribution >= 4 is 16.9 Å². The summed E-state index contributed by atoms with van der Waals surface area (Å²) in [5, 5.41) is 3.62. The second kappa shape index (κ2) is 7.70. The number of rotatable bonds is 5. The van der Waals surface area contributed by atoms with E-state index in [0.717, 1.165) is 61.3 Å². The number of likely N-dealkylation sites (tertiary alicyclic amines) is 1. The van der Waals surface area contributed by atoms with Crippen LogP contribution in [0.5, 0.6) is 0 Å². The van der Waals surface area contributed by atoms with Crippen LogP contribution in [0, 0.1) is 0 Å². The fourth-order valence-corrected chi connectivity index (χ4v) is 3.57. The molecule has 5 nitrogen and oxygen atoms in total. The largest absolute Gasteiger partial charge is 0.342 e. The number of amides is 1. The standard InChI is InChI=1S/C21H24N4O/c26-21(16-6-2-1-3-7-16)25-14-11-17(12-15-25)22-13-10-20-23-18-8-4-5-9-19(18)24-20/h1-9,17,22H,10-15H2,(H,23,24). The first kappa shape index (κ1) is 16.8. The number of imidazole rings is 1. The summed E-state index contributed by atoms with van der Waals surface area (Å²) in [6.07, 6.45) is 2.88. The Labute approximate surface area is 153 Å². The van der Waals surface area contributed by atoms with Gasteiger partial charge in [-0.05, 0) is 37.1 Å². The zero-order chi connectivity index (χ0) is 17.8. The highest BCUT2D eigenvalue weighted by Gasteiger charge is 2.23. The van der Waals surface area contributed by atoms with Crippen molar-refractivity contribution in [2.45, 2.75) is 25.3 Å². The summed E-state index contributed by atoms with van der Waals surface area (Å²) in [4.78, 5) is 22.4. The second-order valence-electron chi connectivity index (χ2n) is 6.84. The lowest BCUT2D eigenvalue weighted by molar-refractivity contribution is 0.0705. The normalized spacial score (nSPS) is 15.5. The first-order chi connectivity index (χ1) is 12.8. The monoisotopic (exact) mass is 348 g/mol. The molecule has 0 aliphatic carbocycles. The molecule has 4 rings (SSSR count). The molecule has 1 amide bonds. The van der Waals surface area contributed by atoms with E-state index in [1.165, 1.54) is 0 Å². The highest BCUT2D eigenvalue weighted by molar-refractivity contribution is 5.94. The number of carbonyl (C=O) groups is 1. The van der Waals surface area contributed by atoms with Crippen LogP contribution < -0.4 is 5.32 Å². The fraction of sp³-hybridized carbons (Fsp3) is 0.333. The van der Waals surface area contributed by atoms with Crippen LogP contribution in [0.1, 0.15) is 29.0 Å². The van der Waals surface area contributed by atoms with E-state index in [-0.39, 0.29) is 5.91 Å². The maximum absolute atomic E-state index is 12.5. The number of aromatic nitrogens is 2. The molecule has 0 unspecified atom stereocenters. The molecule has 134 valence electrons. The molecule has 0 bridgehead atoms. The number of benzene rings is 2. The Morgan fingerprint density at radius 1 is 1.08 bits per heavy atom. The second-order valence-corrected chi connectivity index (χ2v) is 6.84. The number of hydrogen-bond donors (Lipinski definition) is 2. The van der Waals surface area contributed by atoms with Gasteiger partial charge in [-0.1, -0.05) is 30.3 Å². The zero-order valence-corrected chi connectivity index (χ0v) is 14.8. The first-order valence-corrected chi connectivity index (χ1v) is 9.31. The molecule has 0 radical (unpaired) electrons. The molecule has 1 fully saturated rings. The van der Waals surface area contributed by atoms with Crippen LogP contribution in [0.3, 0.4) is 0 Å². The summed E-state index contributed by atoms with van der Waals surface area (Å²) in [6, 6.07) is 18.1. The lowest BCUT2D eigenvalue weighted by Gasteiger charge is -2.32. The Kier molecular flexibility index (Phi) is 4.97. The van der Waals surface area contributed by atoms with Gasteiger partial charge in [0.2, 0.25) is 0 Å². The van der Waals surface area contributed by atoms with Crippen molar-refractivity contribution in [1.29, 1.82) is 0 Å². The van der Waals surface area contributed by atoms with Gasteiger partial charge in [0.15, 0.2) is 0 Å². The quantitative estimate of drug-likeness (QED) is 0.745. The van der Waals surface area contributed by atoms with Gasteiger partial charge in [-0.25, -0.2) is 4.98 Å². The maximum Gasteiger partial charge on any atom is 0.253 e. The number of hydrogen-bond acceptors (Lipinski definition) is 3. The summed E-state index contributed by atoms with van der Waals surface area (Å²) >= 11 is 0. The molecular weight excluding hydrogens is 324 g/mol. The molecule has 1 aromatic heterocycles. The van der Waals surface area contributed by atoms with E-state index in [1.54, 1.807) is 0 Å². The molecule has 26 heavy (non-hydrogen) atoms. The molecule has 5 heteroatoms. The molecule has 2 heterocycles. The maximum atomic E-state index is 12.5. The molecular formula is C21H24N4O. The van der Waals surface area contributed by atoms with E-state index in [1.807, 2.05) is 53.4 Å². The number of piperidine rings is 1. The van der Waals surface area contributed by atoms with Gasteiger partial charge in [-0.15, -0.1) is 0 Å². The molecule has 1 aliphatic rings. The number of fused-ring (bicyclic) bond motifs is 1. The van der Waals surface area contributed by atoms with Crippen LogP contribution in [0.4, 0.5) is 0 Å². The van der Waals surface area contributed by atoms with E-state index >= 15 is 0 Å². The van der Waals surface area contributed by atoms with Crippen LogP contribution in [0.2, 0.25) is 0 Å². The average Bonchev–Trinajstić information content (AvgIpc) is 3.11. The molecule has 3 aromatic rings. The minimum absolute atomic E-state index is 0.145. The minimum atomic E-state index is 0.145. The molecule has 0 spiro atoms. The predicted octanol–water partition coefficient (Wildman–Crippen LogP) is 3.00. The predicted molar refractivity (Wildman–Crippen MR) is 103 cm³/mol. The number of nitrogens with zero attached hydrogens (tertiary/aromatic N) is 2. The van der Waals surface area contributed by atoms with Gasteiger partial charge in [0.1, 0.15) is 5.82 Å². The number of nitrogens with one attached hydrogen (secondary N) is 2. The lowest BCUT2D eigenvalue weighted by atomic mass is 10.0. The van der Waals surface area contributed by atoms with Gasteiger partial charge in [-0.3, -0.25) is 4.79 Å². The third-order valence-electron chi connectivity index (χ3n) is 5.04. The Morgan fingerprint density at radius 3 is 2.58 bits per heavy atom. The fourth-order valence-electron chi connectivity index (χ4n) is 3.57. The minimum Gasteiger partial charge on any atom is -0.342 e. The zero-order valence-electron chi connectivity index (χ0n) is 14.8. The molecule has 0 saturated carbocycles. The molecule has 1 saturated heterocycles. The van der Waals surface area contributed by atoms with Gasteiger partial charge >= 0.3 is 0 Å². The Balaban J connectivity index is 1.23. The van der Waals surface area contributed by atoms with Crippen molar-refractivity contribution in [3.05, 3.63) is 66.0 Å². The van der Waals surface area contributed by atoms with E-state index in [2.05, 4.69) is 21.4 Å². The van der Waals surface area contributed by atoms with Crippen molar-refractivity contribution in [3.63, 3.8) is 0 Å². The van der Waals surface area contributed by atoms with Gasteiger partial charge in [-0.2, -0.15) is 0 Å². The lowest BCUT2D eigenvalue weighted by Crippen LogP contribution is -2.45. The van der Waals surface area contributed by atoms with Crippen molar-refractivity contribution in [2.75, 3.05) is 19.6 Å². The number of aromatic amines is 1. The van der Waals surface area contributed by atoms with E-state index in [4.69, 9.17) is 0 Å². The van der Waals surface area contributed by atoms with Crippen molar-refractivity contribution in [3.8, 4) is 0 Å². The summed E-state index contributed by atoms with van der Waals surface area (Å²) < 4.78 is 0. The number of carbonyl (C=O) groups excluding carboxylic acids is 1. The topological polar surface area (TPSA) is 61.0 Å². The van der Waals surface area contributed by atoms with Crippen molar-refractivity contribution < 1.29 is 4.79 Å². The summed E-state index contributed by atoms with van der Waals surface area (Å²) in [5.41, 5.74) is 2.90. The van der Waals surface area contributed by atoms with E-state index in [0.29, 0.717) is 6.04 Å². The Hall–Kier alpha value is -2.66. The van der Waals surface area contributed by atoms with Gasteiger partial charge in [0.25, 0.3) is 5.91 Å². The molecule has 1 aliphatic heterocycles.